The van der Waals surface area contributed by atoms with E-state index in [0.717, 1.165) is 5.56 Å². The van der Waals surface area contributed by atoms with Crippen LogP contribution in [0.25, 0.3) is 0 Å². The quantitative estimate of drug-likeness (QED) is 0.722. The van der Waals surface area contributed by atoms with Crippen LogP contribution in [0, 0.1) is 0 Å². The Kier molecular flexibility index (Phi) is 3.23. The minimum absolute atomic E-state index is 0.139. The molecule has 0 atom stereocenters. The van der Waals surface area contributed by atoms with Crippen molar-refractivity contribution in [1.82, 2.24) is 5.32 Å². The molecule has 0 fully saturated rings. The molecule has 2 amide bonds. The number of imide groups is 1. The Morgan fingerprint density at radius 2 is 1.86 bits per heavy atom. The SMILES string of the molecule is CC(=O)NC(=O)Cc1ccc(O)cc1. The van der Waals surface area contributed by atoms with E-state index in [0.29, 0.717) is 0 Å². The molecule has 74 valence electrons. The molecule has 0 spiro atoms. The predicted molar refractivity (Wildman–Crippen MR) is 50.6 cm³/mol. The summed E-state index contributed by atoms with van der Waals surface area (Å²) in [5, 5.41) is 11.1. The largest absolute Gasteiger partial charge is 0.508 e. The number of benzene rings is 1. The van der Waals surface area contributed by atoms with Crippen molar-refractivity contribution < 1.29 is 14.7 Å². The molecule has 0 saturated heterocycles. The first-order valence-corrected chi connectivity index (χ1v) is 4.16. The molecule has 1 rings (SSSR count). The lowest BCUT2D eigenvalue weighted by atomic mass is 10.1. The number of aromatic hydroxyl groups is 1. The number of carbonyl (C=O) groups is 2. The third-order valence-electron chi connectivity index (χ3n) is 1.62. The van der Waals surface area contributed by atoms with Gasteiger partial charge in [0.1, 0.15) is 5.75 Å². The summed E-state index contributed by atoms with van der Waals surface area (Å²) in [5.74, 6) is -0.558. The molecule has 1 aromatic rings. The molecule has 0 aromatic heterocycles. The van der Waals surface area contributed by atoms with Gasteiger partial charge in [-0.3, -0.25) is 14.9 Å². The monoisotopic (exact) mass is 193 g/mol. The van der Waals surface area contributed by atoms with Crippen LogP contribution in [0.2, 0.25) is 0 Å². The molecule has 0 radical (unpaired) electrons. The first-order chi connectivity index (χ1) is 6.58. The van der Waals surface area contributed by atoms with Gasteiger partial charge in [0.15, 0.2) is 0 Å². The van der Waals surface area contributed by atoms with Gasteiger partial charge in [0.2, 0.25) is 11.8 Å². The summed E-state index contributed by atoms with van der Waals surface area (Å²) in [7, 11) is 0. The molecule has 4 heteroatoms. The van der Waals surface area contributed by atoms with Crippen molar-refractivity contribution in [3.8, 4) is 5.75 Å². The smallest absolute Gasteiger partial charge is 0.230 e. The van der Waals surface area contributed by atoms with Gasteiger partial charge in [-0.2, -0.15) is 0 Å². The number of hydrogen-bond donors (Lipinski definition) is 2. The lowest BCUT2D eigenvalue weighted by Crippen LogP contribution is -2.29. The van der Waals surface area contributed by atoms with Gasteiger partial charge in [-0.1, -0.05) is 12.1 Å². The number of phenols is 1. The zero-order chi connectivity index (χ0) is 10.6. The van der Waals surface area contributed by atoms with Crippen molar-refractivity contribution in [2.75, 3.05) is 0 Å². The summed E-state index contributed by atoms with van der Waals surface area (Å²) in [4.78, 5) is 21.6. The van der Waals surface area contributed by atoms with Gasteiger partial charge in [0.05, 0.1) is 6.42 Å². The molecule has 0 saturated carbocycles. The molecule has 0 bridgehead atoms. The highest BCUT2D eigenvalue weighted by Gasteiger charge is 2.04. The van der Waals surface area contributed by atoms with Crippen molar-refractivity contribution in [1.29, 1.82) is 0 Å². The summed E-state index contributed by atoms with van der Waals surface area (Å²) in [6.45, 7) is 1.29. The topological polar surface area (TPSA) is 66.4 Å². The Labute approximate surface area is 81.6 Å². The molecule has 0 aliphatic rings. The Morgan fingerprint density at radius 3 is 2.36 bits per heavy atom. The van der Waals surface area contributed by atoms with E-state index in [-0.39, 0.29) is 24.0 Å². The van der Waals surface area contributed by atoms with Crippen molar-refractivity contribution in [3.63, 3.8) is 0 Å². The lowest BCUT2D eigenvalue weighted by Gasteiger charge is -2.01. The Bertz CT molecular complexity index is 343. The summed E-state index contributed by atoms with van der Waals surface area (Å²) < 4.78 is 0. The zero-order valence-electron chi connectivity index (χ0n) is 7.78. The van der Waals surface area contributed by atoms with Crippen LogP contribution < -0.4 is 5.32 Å². The molecule has 0 heterocycles. The molecule has 2 N–H and O–H groups in total. The highest BCUT2D eigenvalue weighted by Crippen LogP contribution is 2.09. The van der Waals surface area contributed by atoms with Gasteiger partial charge >= 0.3 is 0 Å². The van der Waals surface area contributed by atoms with Gasteiger partial charge < -0.3 is 5.11 Å². The maximum absolute atomic E-state index is 11.1. The van der Waals surface area contributed by atoms with Crippen LogP contribution in [0.1, 0.15) is 12.5 Å². The lowest BCUT2D eigenvalue weighted by molar-refractivity contribution is -0.128. The average molecular weight is 193 g/mol. The minimum Gasteiger partial charge on any atom is -0.508 e. The van der Waals surface area contributed by atoms with E-state index in [2.05, 4.69) is 5.32 Å². The normalized spacial score (nSPS) is 9.50. The van der Waals surface area contributed by atoms with E-state index in [1.54, 1.807) is 12.1 Å². The van der Waals surface area contributed by atoms with Crippen LogP contribution in [-0.2, 0) is 16.0 Å². The highest BCUT2D eigenvalue weighted by atomic mass is 16.3. The fourth-order valence-electron chi connectivity index (χ4n) is 1.04. The average Bonchev–Trinajstić information content (AvgIpc) is 2.07. The number of nitrogens with one attached hydrogen (secondary N) is 1. The first-order valence-electron chi connectivity index (χ1n) is 4.16. The standard InChI is InChI=1S/C10H11NO3/c1-7(12)11-10(14)6-8-2-4-9(13)5-3-8/h2-5,13H,6H2,1H3,(H,11,12,14). The Balaban J connectivity index is 2.56. The molecule has 14 heavy (non-hydrogen) atoms. The van der Waals surface area contributed by atoms with Crippen LogP contribution in [0.4, 0.5) is 0 Å². The van der Waals surface area contributed by atoms with Crippen LogP contribution >= 0.6 is 0 Å². The second-order valence-corrected chi connectivity index (χ2v) is 2.95. The van der Waals surface area contributed by atoms with E-state index in [1.165, 1.54) is 19.1 Å². The Morgan fingerprint density at radius 1 is 1.29 bits per heavy atom. The van der Waals surface area contributed by atoms with Crippen molar-refractivity contribution in [3.05, 3.63) is 29.8 Å². The van der Waals surface area contributed by atoms with E-state index >= 15 is 0 Å². The molecule has 1 aromatic carbocycles. The van der Waals surface area contributed by atoms with Crippen molar-refractivity contribution in [2.24, 2.45) is 0 Å². The zero-order valence-corrected chi connectivity index (χ0v) is 7.78. The molecule has 4 nitrogen and oxygen atoms in total. The van der Waals surface area contributed by atoms with Crippen LogP contribution in [-0.4, -0.2) is 16.9 Å². The van der Waals surface area contributed by atoms with Gasteiger partial charge in [-0.05, 0) is 17.7 Å². The second kappa shape index (κ2) is 4.41. The van der Waals surface area contributed by atoms with Crippen molar-refractivity contribution >= 4 is 11.8 Å². The number of hydrogen-bond acceptors (Lipinski definition) is 3. The van der Waals surface area contributed by atoms with Gasteiger partial charge in [0.25, 0.3) is 0 Å². The summed E-state index contributed by atoms with van der Waals surface area (Å²) in [6.07, 6.45) is 0.139. The van der Waals surface area contributed by atoms with Gasteiger partial charge in [-0.15, -0.1) is 0 Å². The highest BCUT2D eigenvalue weighted by molar-refractivity contribution is 5.94. The maximum atomic E-state index is 11.1. The number of phenolic OH excluding ortho intramolecular Hbond substituents is 1. The third kappa shape index (κ3) is 3.26. The Hall–Kier alpha value is -1.84. The number of rotatable bonds is 2. The molecule has 0 aliphatic carbocycles. The van der Waals surface area contributed by atoms with E-state index in [1.807, 2.05) is 0 Å². The minimum atomic E-state index is -0.367. The second-order valence-electron chi connectivity index (χ2n) is 2.95. The third-order valence-corrected chi connectivity index (χ3v) is 1.62. The summed E-state index contributed by atoms with van der Waals surface area (Å²) >= 11 is 0. The van der Waals surface area contributed by atoms with Crippen LogP contribution in [0.5, 0.6) is 5.75 Å². The van der Waals surface area contributed by atoms with Crippen molar-refractivity contribution in [2.45, 2.75) is 13.3 Å². The molecular weight excluding hydrogens is 182 g/mol. The predicted octanol–water partition coefficient (Wildman–Crippen LogP) is 0.597. The first kappa shape index (κ1) is 10.2. The number of carbonyl (C=O) groups excluding carboxylic acids is 2. The van der Waals surface area contributed by atoms with E-state index < -0.39 is 0 Å². The van der Waals surface area contributed by atoms with Crippen LogP contribution in [0.15, 0.2) is 24.3 Å². The molecular formula is C10H11NO3. The fourth-order valence-corrected chi connectivity index (χ4v) is 1.04. The van der Waals surface area contributed by atoms with Crippen LogP contribution in [0.3, 0.4) is 0 Å². The molecule has 0 aliphatic heterocycles. The summed E-state index contributed by atoms with van der Waals surface area (Å²) in [5.41, 5.74) is 0.751. The summed E-state index contributed by atoms with van der Waals surface area (Å²) in [6, 6.07) is 6.26. The molecule has 0 unspecified atom stereocenters. The number of amides is 2. The van der Waals surface area contributed by atoms with E-state index in [4.69, 9.17) is 5.11 Å². The van der Waals surface area contributed by atoms with Gasteiger partial charge in [0, 0.05) is 6.92 Å². The maximum Gasteiger partial charge on any atom is 0.230 e. The fraction of sp³-hybridized carbons (Fsp3) is 0.200. The van der Waals surface area contributed by atoms with Gasteiger partial charge in [-0.25, -0.2) is 0 Å². The van der Waals surface area contributed by atoms with E-state index in [9.17, 15) is 9.59 Å².